The summed E-state index contributed by atoms with van der Waals surface area (Å²) in [6.45, 7) is 1.98. The number of anilines is 2. The van der Waals surface area contributed by atoms with Crippen molar-refractivity contribution in [3.05, 3.63) is 58.1 Å². The molecule has 0 aliphatic carbocycles. The van der Waals surface area contributed by atoms with Crippen LogP contribution in [0.1, 0.15) is 5.56 Å². The first-order valence-electron chi connectivity index (χ1n) is 7.14. The maximum atomic E-state index is 11.9. The van der Waals surface area contributed by atoms with Crippen LogP contribution >= 0.6 is 35.0 Å². The van der Waals surface area contributed by atoms with Crippen LogP contribution in [0.25, 0.3) is 0 Å². The van der Waals surface area contributed by atoms with Crippen LogP contribution in [-0.2, 0) is 9.59 Å². The molecule has 0 atom stereocenters. The monoisotopic (exact) mass is 382 g/mol. The molecule has 2 rings (SSSR count). The van der Waals surface area contributed by atoms with Crippen molar-refractivity contribution in [1.29, 1.82) is 0 Å². The zero-order chi connectivity index (χ0) is 17.5. The van der Waals surface area contributed by atoms with E-state index in [-0.39, 0.29) is 23.3 Å². The van der Waals surface area contributed by atoms with Crippen molar-refractivity contribution in [2.24, 2.45) is 0 Å². The largest absolute Gasteiger partial charge is 0.325 e. The number of amides is 2. The van der Waals surface area contributed by atoms with Crippen molar-refractivity contribution in [3.8, 4) is 0 Å². The van der Waals surface area contributed by atoms with Gasteiger partial charge in [0.25, 0.3) is 0 Å². The third-order valence-electron chi connectivity index (χ3n) is 3.03. The van der Waals surface area contributed by atoms with Gasteiger partial charge < -0.3 is 10.6 Å². The fourth-order valence-electron chi connectivity index (χ4n) is 1.86. The van der Waals surface area contributed by atoms with Gasteiger partial charge in [0.2, 0.25) is 11.8 Å². The molecular weight excluding hydrogens is 367 g/mol. The summed E-state index contributed by atoms with van der Waals surface area (Å²) in [7, 11) is 0. The number of carbonyl (C=O) groups excluding carboxylic acids is 2. The molecule has 0 aliphatic rings. The fourth-order valence-corrected chi connectivity index (χ4v) is 2.82. The highest BCUT2D eigenvalue weighted by atomic mass is 35.5. The topological polar surface area (TPSA) is 58.2 Å². The van der Waals surface area contributed by atoms with E-state index in [1.54, 1.807) is 18.2 Å². The molecule has 0 saturated heterocycles. The summed E-state index contributed by atoms with van der Waals surface area (Å²) >= 11 is 13.1. The van der Waals surface area contributed by atoms with Gasteiger partial charge in [-0.3, -0.25) is 9.59 Å². The zero-order valence-corrected chi connectivity index (χ0v) is 15.3. The van der Waals surface area contributed by atoms with Crippen molar-refractivity contribution < 1.29 is 9.59 Å². The Bertz CT molecular complexity index is 736. The van der Waals surface area contributed by atoms with Crippen LogP contribution in [0.4, 0.5) is 11.4 Å². The van der Waals surface area contributed by atoms with E-state index >= 15 is 0 Å². The average molecular weight is 383 g/mol. The molecule has 0 spiro atoms. The van der Waals surface area contributed by atoms with E-state index in [1.807, 2.05) is 31.2 Å². The van der Waals surface area contributed by atoms with Gasteiger partial charge in [0, 0.05) is 5.69 Å². The summed E-state index contributed by atoms with van der Waals surface area (Å²) in [5.74, 6) is -0.0703. The lowest BCUT2D eigenvalue weighted by Crippen LogP contribution is -2.18. The SMILES string of the molecule is Cc1ccc(NC(=O)CSCC(=O)Nc2cccc(Cl)c2Cl)cc1. The standard InChI is InChI=1S/C17H16Cl2N2O2S/c1-11-5-7-12(8-6-11)20-15(22)9-24-10-16(23)21-14-4-2-3-13(18)17(14)19/h2-8H,9-10H2,1H3,(H,20,22)(H,21,23). The highest BCUT2D eigenvalue weighted by molar-refractivity contribution is 8.00. The summed E-state index contributed by atoms with van der Waals surface area (Å²) in [5.41, 5.74) is 2.32. The second kappa shape index (κ2) is 8.97. The van der Waals surface area contributed by atoms with Gasteiger partial charge >= 0.3 is 0 Å². The molecular formula is C17H16Cl2N2O2S. The molecule has 0 saturated carbocycles. The first-order chi connectivity index (χ1) is 11.5. The normalized spacial score (nSPS) is 10.3. The maximum Gasteiger partial charge on any atom is 0.234 e. The maximum absolute atomic E-state index is 11.9. The van der Waals surface area contributed by atoms with Crippen LogP contribution in [0, 0.1) is 6.92 Å². The summed E-state index contributed by atoms with van der Waals surface area (Å²) < 4.78 is 0. The Morgan fingerprint density at radius 3 is 2.25 bits per heavy atom. The van der Waals surface area contributed by atoms with Crippen LogP contribution in [0.5, 0.6) is 0 Å². The molecule has 4 nitrogen and oxygen atoms in total. The Balaban J connectivity index is 1.75. The number of hydrogen-bond acceptors (Lipinski definition) is 3. The quantitative estimate of drug-likeness (QED) is 0.766. The number of halogens is 2. The molecule has 2 N–H and O–H groups in total. The predicted octanol–water partition coefficient (Wildman–Crippen LogP) is 4.61. The van der Waals surface area contributed by atoms with Crippen molar-refractivity contribution in [1.82, 2.24) is 0 Å². The molecule has 0 bridgehead atoms. The third-order valence-corrected chi connectivity index (χ3v) is 4.78. The lowest BCUT2D eigenvalue weighted by Gasteiger charge is -2.08. The van der Waals surface area contributed by atoms with E-state index in [4.69, 9.17) is 23.2 Å². The third kappa shape index (κ3) is 5.74. The second-order valence-corrected chi connectivity index (χ2v) is 6.83. The minimum Gasteiger partial charge on any atom is -0.325 e. The molecule has 2 aromatic carbocycles. The Labute approximate surface area is 154 Å². The molecule has 2 amide bonds. The van der Waals surface area contributed by atoms with E-state index in [0.717, 1.165) is 11.3 Å². The number of benzene rings is 2. The fraction of sp³-hybridized carbons (Fsp3) is 0.176. The number of thioether (sulfide) groups is 1. The predicted molar refractivity (Wildman–Crippen MR) is 102 cm³/mol. The number of carbonyl (C=O) groups is 2. The molecule has 24 heavy (non-hydrogen) atoms. The van der Waals surface area contributed by atoms with Gasteiger partial charge in [0.15, 0.2) is 0 Å². The first-order valence-corrected chi connectivity index (χ1v) is 9.05. The number of aryl methyl sites for hydroxylation is 1. The smallest absolute Gasteiger partial charge is 0.234 e. The van der Waals surface area contributed by atoms with Crippen LogP contribution in [0.15, 0.2) is 42.5 Å². The molecule has 0 unspecified atom stereocenters. The van der Waals surface area contributed by atoms with Gasteiger partial charge in [-0.2, -0.15) is 0 Å². The molecule has 126 valence electrons. The first kappa shape index (κ1) is 18.6. The number of hydrogen-bond donors (Lipinski definition) is 2. The Morgan fingerprint density at radius 1 is 0.958 bits per heavy atom. The van der Waals surface area contributed by atoms with E-state index in [9.17, 15) is 9.59 Å². The molecule has 0 fully saturated rings. The lowest BCUT2D eigenvalue weighted by molar-refractivity contribution is -0.114. The van der Waals surface area contributed by atoms with Gasteiger partial charge in [0.05, 0.1) is 27.2 Å². The Hall–Kier alpha value is -1.69. The average Bonchev–Trinajstić information content (AvgIpc) is 2.54. The van der Waals surface area contributed by atoms with Crippen molar-refractivity contribution in [2.75, 3.05) is 22.1 Å². The Morgan fingerprint density at radius 2 is 1.58 bits per heavy atom. The summed E-state index contributed by atoms with van der Waals surface area (Å²) in [6.07, 6.45) is 0. The molecule has 7 heteroatoms. The van der Waals surface area contributed by atoms with Gasteiger partial charge in [-0.05, 0) is 31.2 Å². The Kier molecular flexibility index (Phi) is 6.97. The van der Waals surface area contributed by atoms with E-state index in [2.05, 4.69) is 10.6 Å². The van der Waals surface area contributed by atoms with Gasteiger partial charge in [-0.15, -0.1) is 11.8 Å². The number of nitrogens with one attached hydrogen (secondary N) is 2. The van der Waals surface area contributed by atoms with E-state index in [0.29, 0.717) is 15.7 Å². The van der Waals surface area contributed by atoms with Crippen LogP contribution in [-0.4, -0.2) is 23.3 Å². The van der Waals surface area contributed by atoms with Crippen molar-refractivity contribution in [2.45, 2.75) is 6.92 Å². The van der Waals surface area contributed by atoms with Crippen LogP contribution in [0.2, 0.25) is 10.0 Å². The molecule has 0 heterocycles. The zero-order valence-electron chi connectivity index (χ0n) is 12.9. The van der Waals surface area contributed by atoms with E-state index in [1.165, 1.54) is 11.8 Å². The highest BCUT2D eigenvalue weighted by Gasteiger charge is 2.09. The minimum absolute atomic E-state index is 0.143. The lowest BCUT2D eigenvalue weighted by atomic mass is 10.2. The van der Waals surface area contributed by atoms with Gasteiger partial charge in [-0.1, -0.05) is 47.0 Å². The second-order valence-electron chi connectivity index (χ2n) is 5.06. The molecule has 0 aromatic heterocycles. The summed E-state index contributed by atoms with van der Waals surface area (Å²) in [6, 6.07) is 12.5. The minimum atomic E-state index is -0.243. The molecule has 0 radical (unpaired) electrons. The van der Waals surface area contributed by atoms with Crippen molar-refractivity contribution in [3.63, 3.8) is 0 Å². The number of rotatable bonds is 6. The van der Waals surface area contributed by atoms with Gasteiger partial charge in [0.1, 0.15) is 0 Å². The van der Waals surface area contributed by atoms with Crippen LogP contribution < -0.4 is 10.6 Å². The molecule has 0 aliphatic heterocycles. The van der Waals surface area contributed by atoms with Crippen LogP contribution in [0.3, 0.4) is 0 Å². The molecule has 2 aromatic rings. The highest BCUT2D eigenvalue weighted by Crippen LogP contribution is 2.29. The van der Waals surface area contributed by atoms with Gasteiger partial charge in [-0.25, -0.2) is 0 Å². The van der Waals surface area contributed by atoms with E-state index < -0.39 is 0 Å². The van der Waals surface area contributed by atoms with Crippen molar-refractivity contribution >= 4 is 58.2 Å². The summed E-state index contributed by atoms with van der Waals surface area (Å²) in [4.78, 5) is 23.7. The summed E-state index contributed by atoms with van der Waals surface area (Å²) in [5, 5.41) is 6.13.